The van der Waals surface area contributed by atoms with Crippen LogP contribution in [-0.4, -0.2) is 24.5 Å². The van der Waals surface area contributed by atoms with Gasteiger partial charge >= 0.3 is 0 Å². The Kier molecular flexibility index (Phi) is 5.14. The third kappa shape index (κ3) is 3.72. The molecule has 0 aliphatic rings. The molecule has 0 N–H and O–H groups in total. The lowest BCUT2D eigenvalue weighted by molar-refractivity contribution is -0.384. The number of nitro benzene ring substituents is 1. The van der Waals surface area contributed by atoms with E-state index in [9.17, 15) is 14.9 Å². The van der Waals surface area contributed by atoms with E-state index in [0.29, 0.717) is 5.52 Å². The number of nitro groups is 1. The molecule has 2 heterocycles. The van der Waals surface area contributed by atoms with Crippen LogP contribution >= 0.6 is 0 Å². The lowest BCUT2D eigenvalue weighted by Gasteiger charge is -2.13. The lowest BCUT2D eigenvalue weighted by atomic mass is 10.1. The zero-order valence-electron chi connectivity index (χ0n) is 17.9. The summed E-state index contributed by atoms with van der Waals surface area (Å²) < 4.78 is 3.09. The van der Waals surface area contributed by atoms with Crippen LogP contribution in [0.25, 0.3) is 16.6 Å². The number of hydrogen-bond donors (Lipinski definition) is 0. The van der Waals surface area contributed by atoms with Gasteiger partial charge in [-0.3, -0.25) is 14.9 Å². The number of hydrogen-bond acceptors (Lipinski definition) is 5. The molecule has 0 bridgehead atoms. The Labute approximate surface area is 178 Å². The molecular weight excluding hydrogens is 394 g/mol. The van der Waals surface area contributed by atoms with Crippen LogP contribution in [0.1, 0.15) is 42.1 Å². The first-order chi connectivity index (χ1) is 14.8. The Bertz CT molecular complexity index is 1350. The average Bonchev–Trinajstić information content (AvgIpc) is 3.17. The Balaban J connectivity index is 1.88. The Hall–Kier alpha value is -3.81. The molecule has 31 heavy (non-hydrogen) atoms. The smallest absolute Gasteiger partial charge is 0.265 e. The molecule has 2 aromatic carbocycles. The van der Waals surface area contributed by atoms with Crippen molar-refractivity contribution in [1.29, 1.82) is 0 Å². The minimum absolute atomic E-state index is 0.00944. The summed E-state index contributed by atoms with van der Waals surface area (Å²) in [5.41, 5.74) is 4.87. The van der Waals surface area contributed by atoms with Crippen LogP contribution in [0.5, 0.6) is 0 Å². The van der Waals surface area contributed by atoms with Crippen molar-refractivity contribution < 1.29 is 4.92 Å². The summed E-state index contributed by atoms with van der Waals surface area (Å²) in [6.45, 7) is 8.33. The fourth-order valence-corrected chi connectivity index (χ4v) is 3.58. The molecule has 2 aromatic heterocycles. The highest BCUT2D eigenvalue weighted by atomic mass is 16.6. The lowest BCUT2D eigenvalue weighted by Crippen LogP contribution is -2.27. The largest absolute Gasteiger partial charge is 0.293 e. The third-order valence-electron chi connectivity index (χ3n) is 5.47. The summed E-state index contributed by atoms with van der Waals surface area (Å²) in [6.07, 6.45) is 1.70. The maximum absolute atomic E-state index is 13.4. The van der Waals surface area contributed by atoms with E-state index in [2.05, 4.69) is 10.2 Å². The summed E-state index contributed by atoms with van der Waals surface area (Å²) in [4.78, 5) is 23.9. The fraction of sp³-hybridized carbons (Fsp3) is 0.261. The fourth-order valence-electron chi connectivity index (χ4n) is 3.58. The second kappa shape index (κ2) is 7.79. The Morgan fingerprint density at radius 3 is 2.39 bits per heavy atom. The van der Waals surface area contributed by atoms with Crippen LogP contribution in [0.4, 0.5) is 5.69 Å². The summed E-state index contributed by atoms with van der Waals surface area (Å²) in [6, 6.07) is 12.1. The number of aryl methyl sites for hydroxylation is 2. The van der Waals surface area contributed by atoms with Gasteiger partial charge in [-0.05, 0) is 48.6 Å². The van der Waals surface area contributed by atoms with Gasteiger partial charge in [-0.15, -0.1) is 0 Å². The van der Waals surface area contributed by atoms with Crippen molar-refractivity contribution in [3.8, 4) is 5.69 Å². The first kappa shape index (κ1) is 20.5. The van der Waals surface area contributed by atoms with Crippen molar-refractivity contribution in [1.82, 2.24) is 19.6 Å². The minimum Gasteiger partial charge on any atom is -0.265 e. The minimum atomic E-state index is -0.445. The van der Waals surface area contributed by atoms with Crippen molar-refractivity contribution in [2.75, 3.05) is 0 Å². The number of nitrogens with zero attached hydrogens (tertiary/aromatic N) is 5. The molecule has 0 spiro atoms. The molecule has 0 radical (unpaired) electrons. The topological polar surface area (TPSA) is 95.8 Å². The van der Waals surface area contributed by atoms with E-state index in [1.165, 1.54) is 22.4 Å². The quantitative estimate of drug-likeness (QED) is 0.357. The van der Waals surface area contributed by atoms with E-state index in [-0.39, 0.29) is 23.7 Å². The molecule has 0 aliphatic carbocycles. The van der Waals surface area contributed by atoms with Crippen molar-refractivity contribution in [2.24, 2.45) is 0 Å². The number of aromatic nitrogens is 4. The van der Waals surface area contributed by atoms with Gasteiger partial charge in [-0.1, -0.05) is 32.0 Å². The van der Waals surface area contributed by atoms with Crippen LogP contribution in [0.3, 0.4) is 0 Å². The number of fused-ring (bicyclic) bond motifs is 1. The van der Waals surface area contributed by atoms with E-state index >= 15 is 0 Å². The average molecular weight is 417 g/mol. The monoisotopic (exact) mass is 417 g/mol. The first-order valence-electron chi connectivity index (χ1n) is 10.1. The first-order valence-corrected chi connectivity index (χ1v) is 10.1. The molecule has 8 nitrogen and oxygen atoms in total. The summed E-state index contributed by atoms with van der Waals surface area (Å²) in [7, 11) is 0. The van der Waals surface area contributed by atoms with Gasteiger partial charge in [0.1, 0.15) is 5.52 Å². The summed E-state index contributed by atoms with van der Waals surface area (Å²) in [5, 5.41) is 20.8. The van der Waals surface area contributed by atoms with Crippen molar-refractivity contribution in [2.45, 2.75) is 40.2 Å². The standard InChI is InChI=1S/C23H23N5O3/c1-14(2)21-20-12-24-27(19-8-5-15(3)16(4)11-19)22(20)23(29)26(25-21)13-17-6-9-18(10-7-17)28(30)31/h5-12,14H,13H2,1-4H3. The van der Waals surface area contributed by atoms with Gasteiger partial charge in [-0.2, -0.15) is 10.2 Å². The van der Waals surface area contributed by atoms with Crippen LogP contribution in [-0.2, 0) is 6.54 Å². The van der Waals surface area contributed by atoms with E-state index < -0.39 is 4.92 Å². The van der Waals surface area contributed by atoms with E-state index in [4.69, 9.17) is 0 Å². The molecule has 0 saturated heterocycles. The number of rotatable bonds is 5. The van der Waals surface area contributed by atoms with Crippen LogP contribution in [0.2, 0.25) is 0 Å². The van der Waals surface area contributed by atoms with E-state index in [1.54, 1.807) is 23.0 Å². The van der Waals surface area contributed by atoms with Gasteiger partial charge in [0, 0.05) is 17.5 Å². The normalized spacial score (nSPS) is 11.4. The molecule has 0 atom stereocenters. The molecule has 0 amide bonds. The van der Waals surface area contributed by atoms with Gasteiger partial charge < -0.3 is 0 Å². The Morgan fingerprint density at radius 2 is 1.77 bits per heavy atom. The zero-order chi connectivity index (χ0) is 22.3. The van der Waals surface area contributed by atoms with Crippen molar-refractivity contribution in [3.05, 3.63) is 91.5 Å². The second-order valence-electron chi connectivity index (χ2n) is 8.01. The number of non-ortho nitro benzene ring substituents is 1. The highest BCUT2D eigenvalue weighted by molar-refractivity contribution is 5.82. The molecule has 0 fully saturated rings. The summed E-state index contributed by atoms with van der Waals surface area (Å²) in [5.74, 6) is 0.0867. The van der Waals surface area contributed by atoms with E-state index in [0.717, 1.165) is 27.9 Å². The van der Waals surface area contributed by atoms with Crippen LogP contribution in [0, 0.1) is 24.0 Å². The zero-order valence-corrected chi connectivity index (χ0v) is 17.9. The predicted molar refractivity (Wildman–Crippen MR) is 119 cm³/mol. The molecule has 158 valence electrons. The van der Waals surface area contributed by atoms with Crippen molar-refractivity contribution in [3.63, 3.8) is 0 Å². The molecule has 8 heteroatoms. The Morgan fingerprint density at radius 1 is 1.06 bits per heavy atom. The van der Waals surface area contributed by atoms with Gasteiger partial charge in [-0.25, -0.2) is 9.36 Å². The van der Waals surface area contributed by atoms with Crippen LogP contribution < -0.4 is 5.56 Å². The highest BCUT2D eigenvalue weighted by Crippen LogP contribution is 2.24. The van der Waals surface area contributed by atoms with E-state index in [1.807, 2.05) is 45.9 Å². The molecule has 0 saturated carbocycles. The molecule has 4 rings (SSSR count). The molecule has 0 aliphatic heterocycles. The molecular formula is C23H23N5O3. The SMILES string of the molecule is Cc1ccc(-n2ncc3c(C(C)C)nn(Cc4ccc([N+](=O)[O-])cc4)c(=O)c32)cc1C. The molecule has 0 unspecified atom stereocenters. The predicted octanol–water partition coefficient (Wildman–Crippen LogP) is 4.28. The van der Waals surface area contributed by atoms with Gasteiger partial charge in [0.05, 0.1) is 29.0 Å². The summed E-state index contributed by atoms with van der Waals surface area (Å²) >= 11 is 0. The van der Waals surface area contributed by atoms with Gasteiger partial charge in [0.15, 0.2) is 0 Å². The maximum atomic E-state index is 13.4. The van der Waals surface area contributed by atoms with Crippen molar-refractivity contribution >= 4 is 16.6 Å². The number of benzene rings is 2. The highest BCUT2D eigenvalue weighted by Gasteiger charge is 2.19. The molecule has 4 aromatic rings. The second-order valence-corrected chi connectivity index (χ2v) is 8.01. The third-order valence-corrected chi connectivity index (χ3v) is 5.47. The van der Waals surface area contributed by atoms with Crippen LogP contribution in [0.15, 0.2) is 53.5 Å². The maximum Gasteiger partial charge on any atom is 0.293 e. The van der Waals surface area contributed by atoms with Gasteiger partial charge in [0.25, 0.3) is 11.2 Å². The van der Waals surface area contributed by atoms with Gasteiger partial charge in [0.2, 0.25) is 0 Å².